The summed E-state index contributed by atoms with van der Waals surface area (Å²) in [5.41, 5.74) is 1.14. The van der Waals surface area contributed by atoms with Gasteiger partial charge in [-0.25, -0.2) is 0 Å². The number of methoxy groups -OCH3 is 1. The van der Waals surface area contributed by atoms with Crippen LogP contribution < -0.4 is 0 Å². The van der Waals surface area contributed by atoms with E-state index in [-0.39, 0.29) is 6.10 Å². The van der Waals surface area contributed by atoms with Gasteiger partial charge >= 0.3 is 0 Å². The highest BCUT2D eigenvalue weighted by Crippen LogP contribution is 2.37. The van der Waals surface area contributed by atoms with Crippen LogP contribution in [0.3, 0.4) is 0 Å². The first-order valence-corrected chi connectivity index (χ1v) is 5.82. The van der Waals surface area contributed by atoms with Crippen molar-refractivity contribution in [3.05, 3.63) is 29.6 Å². The van der Waals surface area contributed by atoms with Gasteiger partial charge in [-0.2, -0.15) is 0 Å². The normalized spacial score (nSPS) is 30.3. The largest absolute Gasteiger partial charge is 0.385 e. The maximum Gasteiger partial charge on any atom is 0.0936 e. The van der Waals surface area contributed by atoms with Crippen molar-refractivity contribution < 1.29 is 9.84 Å². The zero-order valence-corrected chi connectivity index (χ0v) is 9.94. The van der Waals surface area contributed by atoms with Crippen molar-refractivity contribution in [1.29, 1.82) is 0 Å². The van der Waals surface area contributed by atoms with Gasteiger partial charge < -0.3 is 9.84 Å². The Morgan fingerprint density at radius 2 is 2.31 bits per heavy atom. The van der Waals surface area contributed by atoms with E-state index < -0.39 is 5.60 Å². The quantitative estimate of drug-likeness (QED) is 0.832. The molecule has 1 N–H and O–H groups in total. The minimum absolute atomic E-state index is 0.167. The van der Waals surface area contributed by atoms with E-state index in [1.54, 1.807) is 13.3 Å². The lowest BCUT2D eigenvalue weighted by Crippen LogP contribution is -2.36. The van der Waals surface area contributed by atoms with Gasteiger partial charge in [0.15, 0.2) is 0 Å². The molecule has 16 heavy (non-hydrogen) atoms. The molecule has 1 aromatic heterocycles. The van der Waals surface area contributed by atoms with Gasteiger partial charge in [-0.15, -0.1) is 0 Å². The molecule has 3 heteroatoms. The standard InChI is InChI=1S/C13H19NO2/c1-10-5-6-11(9-14-10)13(15)7-3-4-12(8-13)16-2/h5-6,9,12,15H,3-4,7-8H2,1-2H3. The second kappa shape index (κ2) is 4.52. The van der Waals surface area contributed by atoms with Gasteiger partial charge in [-0.3, -0.25) is 4.98 Å². The molecular formula is C13H19NO2. The van der Waals surface area contributed by atoms with Crippen LogP contribution in [0.15, 0.2) is 18.3 Å². The summed E-state index contributed by atoms with van der Waals surface area (Å²) in [7, 11) is 1.71. The summed E-state index contributed by atoms with van der Waals surface area (Å²) in [5, 5.41) is 10.6. The first kappa shape index (κ1) is 11.6. The molecule has 0 spiro atoms. The number of ether oxygens (including phenoxy) is 1. The third-order valence-corrected chi connectivity index (χ3v) is 3.46. The Labute approximate surface area is 96.5 Å². The highest BCUT2D eigenvalue weighted by molar-refractivity contribution is 5.21. The number of hydrogen-bond acceptors (Lipinski definition) is 3. The van der Waals surface area contributed by atoms with Crippen LogP contribution in [-0.2, 0) is 10.3 Å². The molecule has 0 radical (unpaired) electrons. The average molecular weight is 221 g/mol. The van der Waals surface area contributed by atoms with E-state index in [1.807, 2.05) is 19.1 Å². The van der Waals surface area contributed by atoms with Crippen molar-refractivity contribution in [1.82, 2.24) is 4.98 Å². The van der Waals surface area contributed by atoms with Gasteiger partial charge in [0.2, 0.25) is 0 Å². The fraction of sp³-hybridized carbons (Fsp3) is 0.615. The molecule has 88 valence electrons. The van der Waals surface area contributed by atoms with Crippen LogP contribution in [0, 0.1) is 6.92 Å². The lowest BCUT2D eigenvalue weighted by atomic mass is 9.79. The molecule has 0 saturated heterocycles. The third-order valence-electron chi connectivity index (χ3n) is 3.46. The molecule has 0 bridgehead atoms. The minimum Gasteiger partial charge on any atom is -0.385 e. The fourth-order valence-corrected chi connectivity index (χ4v) is 2.41. The van der Waals surface area contributed by atoms with Gasteiger partial charge in [0.05, 0.1) is 11.7 Å². The van der Waals surface area contributed by atoms with Crippen molar-refractivity contribution in [3.63, 3.8) is 0 Å². The molecular weight excluding hydrogens is 202 g/mol. The molecule has 1 aliphatic carbocycles. The molecule has 1 heterocycles. The summed E-state index contributed by atoms with van der Waals surface area (Å²) in [6.45, 7) is 1.95. The fourth-order valence-electron chi connectivity index (χ4n) is 2.41. The Kier molecular flexibility index (Phi) is 3.26. The van der Waals surface area contributed by atoms with Crippen LogP contribution in [0.4, 0.5) is 0 Å². The number of rotatable bonds is 2. The molecule has 2 unspecified atom stereocenters. The molecule has 1 saturated carbocycles. The summed E-state index contributed by atoms with van der Waals surface area (Å²) in [6.07, 6.45) is 5.47. The number of aliphatic hydroxyl groups is 1. The van der Waals surface area contributed by atoms with E-state index in [1.165, 1.54) is 0 Å². The second-order valence-corrected chi connectivity index (χ2v) is 4.67. The van der Waals surface area contributed by atoms with E-state index in [0.29, 0.717) is 6.42 Å². The SMILES string of the molecule is COC1CCCC(O)(c2ccc(C)nc2)C1. The summed E-state index contributed by atoms with van der Waals surface area (Å²) < 4.78 is 5.35. The second-order valence-electron chi connectivity index (χ2n) is 4.67. The van der Waals surface area contributed by atoms with Crippen molar-refractivity contribution >= 4 is 0 Å². The van der Waals surface area contributed by atoms with Crippen molar-refractivity contribution in [2.24, 2.45) is 0 Å². The van der Waals surface area contributed by atoms with E-state index in [2.05, 4.69) is 4.98 Å². The predicted molar refractivity (Wildman–Crippen MR) is 62.1 cm³/mol. The van der Waals surface area contributed by atoms with E-state index in [4.69, 9.17) is 4.74 Å². The number of aromatic nitrogens is 1. The number of aryl methyl sites for hydroxylation is 1. The summed E-state index contributed by atoms with van der Waals surface area (Å²) >= 11 is 0. The first-order chi connectivity index (χ1) is 7.64. The first-order valence-electron chi connectivity index (χ1n) is 5.82. The summed E-state index contributed by atoms with van der Waals surface area (Å²) in [6, 6.07) is 3.92. The molecule has 0 aliphatic heterocycles. The van der Waals surface area contributed by atoms with Gasteiger partial charge in [-0.1, -0.05) is 6.07 Å². The van der Waals surface area contributed by atoms with Gasteiger partial charge in [0, 0.05) is 31.0 Å². The molecule has 0 amide bonds. The molecule has 1 aliphatic rings. The zero-order chi connectivity index (χ0) is 11.6. The van der Waals surface area contributed by atoms with Crippen molar-refractivity contribution in [2.45, 2.75) is 44.3 Å². The summed E-state index contributed by atoms with van der Waals surface area (Å²) in [5.74, 6) is 0. The van der Waals surface area contributed by atoms with Crippen molar-refractivity contribution in [2.75, 3.05) is 7.11 Å². The van der Waals surface area contributed by atoms with Crippen molar-refractivity contribution in [3.8, 4) is 0 Å². The molecule has 2 atom stereocenters. The lowest BCUT2D eigenvalue weighted by Gasteiger charge is -2.36. The third kappa shape index (κ3) is 2.25. The van der Waals surface area contributed by atoms with Crippen LogP contribution in [0.25, 0.3) is 0 Å². The molecule has 0 aromatic carbocycles. The molecule has 1 fully saturated rings. The minimum atomic E-state index is -0.750. The van der Waals surface area contributed by atoms with Gasteiger partial charge in [-0.05, 0) is 32.3 Å². The molecule has 1 aromatic rings. The monoisotopic (exact) mass is 221 g/mol. The Morgan fingerprint density at radius 1 is 1.50 bits per heavy atom. The Hall–Kier alpha value is -0.930. The number of nitrogens with zero attached hydrogens (tertiary/aromatic N) is 1. The molecule has 2 rings (SSSR count). The van der Waals surface area contributed by atoms with Crippen LogP contribution in [0.5, 0.6) is 0 Å². The van der Waals surface area contributed by atoms with Crippen LogP contribution in [-0.4, -0.2) is 23.3 Å². The number of hydrogen-bond donors (Lipinski definition) is 1. The Morgan fingerprint density at radius 3 is 2.94 bits per heavy atom. The van der Waals surface area contributed by atoms with Crippen LogP contribution in [0.2, 0.25) is 0 Å². The van der Waals surface area contributed by atoms with Crippen LogP contribution in [0.1, 0.15) is 36.9 Å². The summed E-state index contributed by atoms with van der Waals surface area (Å²) in [4.78, 5) is 4.25. The zero-order valence-electron chi connectivity index (χ0n) is 9.94. The van der Waals surface area contributed by atoms with Gasteiger partial charge in [0.25, 0.3) is 0 Å². The lowest BCUT2D eigenvalue weighted by molar-refractivity contribution is -0.0633. The van der Waals surface area contributed by atoms with Gasteiger partial charge in [0.1, 0.15) is 0 Å². The van der Waals surface area contributed by atoms with E-state index >= 15 is 0 Å². The predicted octanol–water partition coefficient (Wildman–Crippen LogP) is 2.17. The smallest absolute Gasteiger partial charge is 0.0936 e. The number of pyridine rings is 1. The maximum absolute atomic E-state index is 10.6. The maximum atomic E-state index is 10.6. The highest BCUT2D eigenvalue weighted by Gasteiger charge is 2.36. The average Bonchev–Trinajstić information content (AvgIpc) is 2.29. The van der Waals surface area contributed by atoms with E-state index in [0.717, 1.165) is 30.5 Å². The van der Waals surface area contributed by atoms with E-state index in [9.17, 15) is 5.11 Å². The Bertz CT molecular complexity index is 349. The highest BCUT2D eigenvalue weighted by atomic mass is 16.5. The molecule has 3 nitrogen and oxygen atoms in total. The Balaban J connectivity index is 2.20. The van der Waals surface area contributed by atoms with Crippen LogP contribution >= 0.6 is 0 Å². The topological polar surface area (TPSA) is 42.4 Å².